The van der Waals surface area contributed by atoms with Gasteiger partial charge < -0.3 is 9.15 Å². The molecule has 0 bridgehead atoms. The molecule has 0 fully saturated rings. The third-order valence-electron chi connectivity index (χ3n) is 2.29. The van der Waals surface area contributed by atoms with Crippen LogP contribution >= 0.6 is 11.8 Å². The fraction of sp³-hybridized carbons (Fsp3) is 0.333. The Labute approximate surface area is 110 Å². The summed E-state index contributed by atoms with van der Waals surface area (Å²) in [4.78, 5) is 0. The molecule has 2 heterocycles. The van der Waals surface area contributed by atoms with E-state index < -0.39 is 0 Å². The molecule has 6 heteroatoms. The maximum Gasteiger partial charge on any atom is 0.200 e. The van der Waals surface area contributed by atoms with Crippen LogP contribution in [0.2, 0.25) is 0 Å². The molecule has 0 amide bonds. The van der Waals surface area contributed by atoms with E-state index in [0.717, 1.165) is 16.7 Å². The summed E-state index contributed by atoms with van der Waals surface area (Å²) >= 11 is 1.60. The van der Waals surface area contributed by atoms with Gasteiger partial charge in [0.25, 0.3) is 0 Å². The lowest BCUT2D eigenvalue weighted by atomic mass is 10.4. The topological polar surface area (TPSA) is 53.1 Å². The average molecular weight is 265 g/mol. The first-order valence-corrected chi connectivity index (χ1v) is 6.55. The Morgan fingerprint density at radius 3 is 3.11 bits per heavy atom. The molecule has 0 aromatic carbocycles. The van der Waals surface area contributed by atoms with Crippen molar-refractivity contribution in [3.8, 4) is 11.6 Å². The molecule has 0 saturated heterocycles. The van der Waals surface area contributed by atoms with E-state index in [4.69, 9.17) is 9.15 Å². The van der Waals surface area contributed by atoms with Gasteiger partial charge in [-0.05, 0) is 12.1 Å². The van der Waals surface area contributed by atoms with Crippen molar-refractivity contribution >= 4 is 11.8 Å². The van der Waals surface area contributed by atoms with Crippen LogP contribution in [-0.4, -0.2) is 34.2 Å². The van der Waals surface area contributed by atoms with Crippen LogP contribution in [-0.2, 0) is 11.3 Å². The highest BCUT2D eigenvalue weighted by Gasteiger charge is 2.14. The summed E-state index contributed by atoms with van der Waals surface area (Å²) < 4.78 is 12.4. The largest absolute Gasteiger partial charge is 0.461 e. The van der Waals surface area contributed by atoms with Gasteiger partial charge in [0.05, 0.1) is 12.9 Å². The molecule has 0 atom stereocenters. The zero-order valence-corrected chi connectivity index (χ0v) is 11.0. The minimum absolute atomic E-state index is 0.651. The molecule has 0 aliphatic carbocycles. The number of methoxy groups -OCH3 is 1. The summed E-state index contributed by atoms with van der Waals surface area (Å²) in [6.45, 7) is 5.09. The van der Waals surface area contributed by atoms with Crippen molar-refractivity contribution in [3.05, 3.63) is 31.1 Å². The normalized spacial score (nSPS) is 10.7. The quantitative estimate of drug-likeness (QED) is 0.437. The van der Waals surface area contributed by atoms with Crippen LogP contribution < -0.4 is 0 Å². The molecule has 2 aromatic heterocycles. The van der Waals surface area contributed by atoms with E-state index in [1.807, 2.05) is 22.8 Å². The number of allylic oxidation sites excluding steroid dienone is 1. The van der Waals surface area contributed by atoms with Crippen LogP contribution in [0.1, 0.15) is 0 Å². The summed E-state index contributed by atoms with van der Waals surface area (Å²) in [5.74, 6) is 2.27. The van der Waals surface area contributed by atoms with E-state index >= 15 is 0 Å². The predicted molar refractivity (Wildman–Crippen MR) is 70.5 cm³/mol. The van der Waals surface area contributed by atoms with E-state index in [0.29, 0.717) is 18.9 Å². The summed E-state index contributed by atoms with van der Waals surface area (Å²) in [6, 6.07) is 3.70. The van der Waals surface area contributed by atoms with Gasteiger partial charge in [-0.2, -0.15) is 0 Å². The molecule has 5 nitrogen and oxygen atoms in total. The number of hydrogen-bond acceptors (Lipinski definition) is 5. The number of aromatic nitrogens is 3. The second-order valence-corrected chi connectivity index (χ2v) is 4.59. The maximum atomic E-state index is 5.35. The van der Waals surface area contributed by atoms with Gasteiger partial charge in [0.15, 0.2) is 10.9 Å². The molecule has 0 radical (unpaired) electrons. The number of nitrogens with zero attached hydrogens (tertiary/aromatic N) is 3. The van der Waals surface area contributed by atoms with E-state index in [1.54, 1.807) is 25.1 Å². The average Bonchev–Trinajstić information content (AvgIpc) is 3.00. The number of rotatable bonds is 7. The van der Waals surface area contributed by atoms with Gasteiger partial charge in [-0.1, -0.05) is 17.8 Å². The minimum Gasteiger partial charge on any atom is -0.461 e. The summed E-state index contributed by atoms with van der Waals surface area (Å²) in [6.07, 6.45) is 3.44. The first kappa shape index (κ1) is 12.9. The maximum absolute atomic E-state index is 5.35. The van der Waals surface area contributed by atoms with Crippen LogP contribution in [0.15, 0.2) is 40.6 Å². The second kappa shape index (κ2) is 6.42. The van der Waals surface area contributed by atoms with Crippen LogP contribution in [0.4, 0.5) is 0 Å². The minimum atomic E-state index is 0.651. The van der Waals surface area contributed by atoms with Crippen LogP contribution in [0.3, 0.4) is 0 Å². The number of ether oxygens (including phenoxy) is 1. The van der Waals surface area contributed by atoms with Crippen molar-refractivity contribution < 1.29 is 9.15 Å². The first-order chi connectivity index (χ1) is 8.86. The van der Waals surface area contributed by atoms with Gasteiger partial charge in [0, 0.05) is 19.4 Å². The van der Waals surface area contributed by atoms with Crippen molar-refractivity contribution in [1.82, 2.24) is 14.8 Å². The molecular formula is C12H15N3O2S. The number of hydrogen-bond donors (Lipinski definition) is 0. The molecule has 96 valence electrons. The van der Waals surface area contributed by atoms with Crippen molar-refractivity contribution in [1.29, 1.82) is 0 Å². The molecule has 0 unspecified atom stereocenters. The second-order valence-electron chi connectivity index (χ2n) is 3.52. The third kappa shape index (κ3) is 2.83. The lowest BCUT2D eigenvalue weighted by Gasteiger charge is -2.05. The summed E-state index contributed by atoms with van der Waals surface area (Å²) in [5.41, 5.74) is 0. The number of furan rings is 1. The standard InChI is InChI=1S/C12H15N3O2S/c1-3-6-15-11(10-5-4-7-17-10)13-14-12(15)18-9-8-16-2/h3-5,7H,1,6,8-9H2,2H3. The van der Waals surface area contributed by atoms with Crippen molar-refractivity contribution in [2.24, 2.45) is 0 Å². The van der Waals surface area contributed by atoms with Crippen LogP contribution in [0.25, 0.3) is 11.6 Å². The fourth-order valence-electron chi connectivity index (χ4n) is 1.49. The molecule has 0 saturated carbocycles. The highest BCUT2D eigenvalue weighted by Crippen LogP contribution is 2.24. The molecule has 0 aliphatic rings. The Morgan fingerprint density at radius 1 is 1.56 bits per heavy atom. The lowest BCUT2D eigenvalue weighted by Crippen LogP contribution is -2.01. The van der Waals surface area contributed by atoms with E-state index in [1.165, 1.54) is 0 Å². The molecule has 2 rings (SSSR count). The predicted octanol–water partition coefficient (Wildman–Crippen LogP) is 2.46. The SMILES string of the molecule is C=CCn1c(SCCOC)nnc1-c1ccco1. The van der Waals surface area contributed by atoms with Crippen LogP contribution in [0, 0.1) is 0 Å². The zero-order chi connectivity index (χ0) is 12.8. The van der Waals surface area contributed by atoms with E-state index in [-0.39, 0.29) is 0 Å². The molecule has 18 heavy (non-hydrogen) atoms. The Morgan fingerprint density at radius 2 is 2.44 bits per heavy atom. The third-order valence-corrected chi connectivity index (χ3v) is 3.22. The molecule has 0 N–H and O–H groups in total. The van der Waals surface area contributed by atoms with E-state index in [2.05, 4.69) is 16.8 Å². The number of thioether (sulfide) groups is 1. The van der Waals surface area contributed by atoms with Gasteiger partial charge >= 0.3 is 0 Å². The fourth-order valence-corrected chi connectivity index (χ4v) is 2.34. The molecule has 0 aliphatic heterocycles. The lowest BCUT2D eigenvalue weighted by molar-refractivity contribution is 0.218. The molecular weight excluding hydrogens is 250 g/mol. The smallest absolute Gasteiger partial charge is 0.200 e. The zero-order valence-electron chi connectivity index (χ0n) is 10.2. The highest BCUT2D eigenvalue weighted by atomic mass is 32.2. The first-order valence-electron chi connectivity index (χ1n) is 5.56. The van der Waals surface area contributed by atoms with Crippen molar-refractivity contribution in [3.63, 3.8) is 0 Å². The van der Waals surface area contributed by atoms with Crippen molar-refractivity contribution in [2.75, 3.05) is 19.5 Å². The molecule has 2 aromatic rings. The van der Waals surface area contributed by atoms with Gasteiger partial charge in [0.2, 0.25) is 5.82 Å². The van der Waals surface area contributed by atoms with Gasteiger partial charge in [0.1, 0.15) is 0 Å². The molecule has 0 spiro atoms. The van der Waals surface area contributed by atoms with E-state index in [9.17, 15) is 0 Å². The summed E-state index contributed by atoms with van der Waals surface area (Å²) in [5, 5.41) is 9.19. The monoisotopic (exact) mass is 265 g/mol. The Hall–Kier alpha value is -1.53. The summed E-state index contributed by atoms with van der Waals surface area (Å²) in [7, 11) is 1.68. The van der Waals surface area contributed by atoms with Gasteiger partial charge in [-0.3, -0.25) is 4.57 Å². The Bertz CT molecular complexity index is 493. The van der Waals surface area contributed by atoms with Crippen LogP contribution in [0.5, 0.6) is 0 Å². The highest BCUT2D eigenvalue weighted by molar-refractivity contribution is 7.99. The Kier molecular flexibility index (Phi) is 4.60. The van der Waals surface area contributed by atoms with Gasteiger partial charge in [-0.25, -0.2) is 0 Å². The Balaban J connectivity index is 2.22. The van der Waals surface area contributed by atoms with Crippen molar-refractivity contribution in [2.45, 2.75) is 11.7 Å². The van der Waals surface area contributed by atoms with Gasteiger partial charge in [-0.15, -0.1) is 16.8 Å².